The van der Waals surface area contributed by atoms with E-state index in [1.165, 1.54) is 16.2 Å². The second kappa shape index (κ2) is 7.02. The van der Waals surface area contributed by atoms with Crippen molar-refractivity contribution in [1.82, 2.24) is 9.80 Å². The van der Waals surface area contributed by atoms with Crippen LogP contribution in [0.2, 0.25) is 0 Å². The van der Waals surface area contributed by atoms with E-state index in [2.05, 4.69) is 31.9 Å². The van der Waals surface area contributed by atoms with E-state index in [1.54, 1.807) is 11.0 Å². The Labute approximate surface area is 143 Å². The summed E-state index contributed by atoms with van der Waals surface area (Å²) in [5.74, 6) is -0.453. The van der Waals surface area contributed by atoms with Crippen molar-refractivity contribution < 1.29 is 14.4 Å². The van der Waals surface area contributed by atoms with E-state index >= 15 is 0 Å². The number of thiophene rings is 1. The molecule has 8 heteroatoms. The van der Waals surface area contributed by atoms with Crippen LogP contribution < -0.4 is 0 Å². The molecule has 1 saturated heterocycles. The molecule has 0 aliphatic carbocycles. The molecule has 0 bridgehead atoms. The molecule has 1 aromatic rings. The Morgan fingerprint density at radius 2 is 1.86 bits per heavy atom. The third kappa shape index (κ3) is 3.92. The van der Waals surface area contributed by atoms with Crippen LogP contribution in [0.4, 0.5) is 0 Å². The van der Waals surface area contributed by atoms with E-state index in [4.69, 9.17) is 0 Å². The van der Waals surface area contributed by atoms with E-state index in [0.29, 0.717) is 12.1 Å². The normalized spacial score (nSPS) is 15.8. The Hall–Kier alpha value is -0.730. The van der Waals surface area contributed by atoms with Gasteiger partial charge in [0.2, 0.25) is 11.8 Å². The van der Waals surface area contributed by atoms with Gasteiger partial charge in [-0.05, 0) is 44.3 Å². The van der Waals surface area contributed by atoms with Crippen molar-refractivity contribution in [3.8, 4) is 0 Å². The molecule has 2 rings (SSSR count). The van der Waals surface area contributed by atoms with Crippen LogP contribution in [-0.4, -0.2) is 53.6 Å². The maximum atomic E-state index is 12.2. The zero-order valence-corrected chi connectivity index (χ0v) is 15.4. The minimum Gasteiger partial charge on any atom is -0.332 e. The van der Waals surface area contributed by atoms with Crippen LogP contribution >= 0.6 is 43.2 Å². The Kier molecular flexibility index (Phi) is 5.56. The second-order valence-electron chi connectivity index (χ2n) is 4.73. The van der Waals surface area contributed by atoms with Crippen LogP contribution in [0.5, 0.6) is 0 Å². The van der Waals surface area contributed by atoms with Crippen LogP contribution in [0.25, 0.3) is 0 Å². The largest absolute Gasteiger partial charge is 0.332 e. The fourth-order valence-electron chi connectivity index (χ4n) is 2.11. The maximum absolute atomic E-state index is 12.2. The van der Waals surface area contributed by atoms with Gasteiger partial charge in [-0.2, -0.15) is 0 Å². The minimum atomic E-state index is -0.179. The Morgan fingerprint density at radius 3 is 2.43 bits per heavy atom. The molecule has 0 atom stereocenters. The molecule has 0 N–H and O–H groups in total. The van der Waals surface area contributed by atoms with Crippen molar-refractivity contribution in [3.63, 3.8) is 0 Å². The average Bonchev–Trinajstić information content (AvgIpc) is 2.75. The Morgan fingerprint density at radius 1 is 1.24 bits per heavy atom. The monoisotopic (exact) mass is 436 g/mol. The first-order chi connectivity index (χ1) is 9.92. The molecule has 1 aliphatic rings. The van der Waals surface area contributed by atoms with Gasteiger partial charge in [-0.25, -0.2) is 0 Å². The highest BCUT2D eigenvalue weighted by atomic mass is 79.9. The van der Waals surface area contributed by atoms with Crippen molar-refractivity contribution in [1.29, 1.82) is 0 Å². The summed E-state index contributed by atoms with van der Waals surface area (Å²) in [7, 11) is 0. The molecule has 0 spiro atoms. The standard InChI is InChI=1S/C13H14Br2N2O3S/c1-2-3-16-6-12(20)17(7-11(16)19)5-9(18)8-4-10(14)21-13(8)15/h4H,2-3,5-7H2,1H3. The molecule has 2 heterocycles. The van der Waals surface area contributed by atoms with E-state index in [1.807, 2.05) is 6.92 Å². The first-order valence-electron chi connectivity index (χ1n) is 6.46. The van der Waals surface area contributed by atoms with Crippen molar-refractivity contribution >= 4 is 60.8 Å². The number of piperazine rings is 1. The number of hydrogen-bond donors (Lipinski definition) is 0. The zero-order valence-electron chi connectivity index (χ0n) is 11.4. The van der Waals surface area contributed by atoms with Crippen LogP contribution in [0.3, 0.4) is 0 Å². The zero-order chi connectivity index (χ0) is 15.6. The maximum Gasteiger partial charge on any atom is 0.243 e. The van der Waals surface area contributed by atoms with Gasteiger partial charge < -0.3 is 9.80 Å². The number of ketones is 1. The summed E-state index contributed by atoms with van der Waals surface area (Å²) in [6.45, 7) is 2.52. The summed E-state index contributed by atoms with van der Waals surface area (Å²) in [5.41, 5.74) is 0.531. The molecule has 114 valence electrons. The molecule has 0 aromatic carbocycles. The summed E-state index contributed by atoms with van der Waals surface area (Å²) in [6.07, 6.45) is 0.813. The fraction of sp³-hybridized carbons (Fsp3) is 0.462. The summed E-state index contributed by atoms with van der Waals surface area (Å²) in [6, 6.07) is 1.72. The van der Waals surface area contributed by atoms with Gasteiger partial charge in [-0.3, -0.25) is 14.4 Å². The third-order valence-corrected chi connectivity index (χ3v) is 5.48. The summed E-state index contributed by atoms with van der Waals surface area (Å²) >= 11 is 8.05. The molecule has 5 nitrogen and oxygen atoms in total. The Bertz CT molecular complexity index is 588. The van der Waals surface area contributed by atoms with Gasteiger partial charge in [0.05, 0.1) is 20.7 Å². The summed E-state index contributed by atoms with van der Waals surface area (Å²) < 4.78 is 1.57. The molecular formula is C13H14Br2N2O3S. The molecule has 21 heavy (non-hydrogen) atoms. The molecule has 1 fully saturated rings. The number of hydrogen-bond acceptors (Lipinski definition) is 4. The van der Waals surface area contributed by atoms with Crippen LogP contribution in [0.1, 0.15) is 23.7 Å². The lowest BCUT2D eigenvalue weighted by molar-refractivity contribution is -0.149. The van der Waals surface area contributed by atoms with Crippen molar-refractivity contribution in [2.75, 3.05) is 26.2 Å². The third-order valence-electron chi connectivity index (χ3n) is 3.14. The molecule has 2 amide bonds. The summed E-state index contributed by atoms with van der Waals surface area (Å²) in [5, 5.41) is 0. The van der Waals surface area contributed by atoms with Gasteiger partial charge in [-0.1, -0.05) is 6.92 Å². The van der Waals surface area contributed by atoms with E-state index in [0.717, 1.165) is 14.0 Å². The van der Waals surface area contributed by atoms with Crippen LogP contribution in [0, 0.1) is 0 Å². The number of rotatable bonds is 5. The lowest BCUT2D eigenvalue weighted by Crippen LogP contribution is -2.54. The molecule has 0 radical (unpaired) electrons. The minimum absolute atomic E-state index is 0.0203. The summed E-state index contributed by atoms with van der Waals surface area (Å²) in [4.78, 5) is 39.1. The van der Waals surface area contributed by atoms with Crippen LogP contribution in [0.15, 0.2) is 13.6 Å². The van der Waals surface area contributed by atoms with E-state index in [9.17, 15) is 14.4 Å². The average molecular weight is 438 g/mol. The van der Waals surface area contributed by atoms with Gasteiger partial charge in [0.25, 0.3) is 0 Å². The van der Waals surface area contributed by atoms with Gasteiger partial charge in [0, 0.05) is 12.1 Å². The number of amides is 2. The highest BCUT2D eigenvalue weighted by Gasteiger charge is 2.31. The fourth-order valence-corrected chi connectivity index (χ4v) is 4.97. The molecule has 0 unspecified atom stereocenters. The van der Waals surface area contributed by atoms with Crippen molar-refractivity contribution in [2.24, 2.45) is 0 Å². The Balaban J connectivity index is 2.03. The molecule has 1 aromatic heterocycles. The highest BCUT2D eigenvalue weighted by molar-refractivity contribution is 9.12. The van der Waals surface area contributed by atoms with Crippen LogP contribution in [-0.2, 0) is 9.59 Å². The lowest BCUT2D eigenvalue weighted by Gasteiger charge is -2.33. The van der Waals surface area contributed by atoms with Gasteiger partial charge in [-0.15, -0.1) is 11.3 Å². The molecular weight excluding hydrogens is 424 g/mol. The van der Waals surface area contributed by atoms with Crippen molar-refractivity contribution in [2.45, 2.75) is 13.3 Å². The number of halogens is 2. The number of carbonyl (C=O) groups is 3. The second-order valence-corrected chi connectivity index (χ2v) is 8.48. The number of nitrogens with zero attached hydrogens (tertiary/aromatic N) is 2. The first kappa shape index (κ1) is 16.6. The van der Waals surface area contributed by atoms with E-state index < -0.39 is 0 Å². The van der Waals surface area contributed by atoms with Gasteiger partial charge in [0.15, 0.2) is 5.78 Å². The predicted molar refractivity (Wildman–Crippen MR) is 87.5 cm³/mol. The van der Waals surface area contributed by atoms with Gasteiger partial charge in [0.1, 0.15) is 6.54 Å². The SMILES string of the molecule is CCCN1CC(=O)N(CC(=O)c2cc(Br)sc2Br)CC1=O. The first-order valence-corrected chi connectivity index (χ1v) is 8.86. The lowest BCUT2D eigenvalue weighted by atomic mass is 10.2. The number of Topliss-reactive ketones (excluding diaryl/α,β-unsaturated/α-hetero) is 1. The van der Waals surface area contributed by atoms with Gasteiger partial charge >= 0.3 is 0 Å². The van der Waals surface area contributed by atoms with Crippen molar-refractivity contribution in [3.05, 3.63) is 19.2 Å². The highest BCUT2D eigenvalue weighted by Crippen LogP contribution is 2.32. The smallest absolute Gasteiger partial charge is 0.243 e. The quantitative estimate of drug-likeness (QED) is 0.665. The molecule has 0 saturated carbocycles. The molecule has 1 aliphatic heterocycles. The topological polar surface area (TPSA) is 57.7 Å². The number of carbonyl (C=O) groups excluding carboxylic acids is 3. The van der Waals surface area contributed by atoms with E-state index in [-0.39, 0.29) is 37.2 Å². The predicted octanol–water partition coefficient (Wildman–Crippen LogP) is 2.54.